The topological polar surface area (TPSA) is 70.1 Å². The van der Waals surface area contributed by atoms with Gasteiger partial charge in [-0.1, -0.05) is 38.1 Å². The van der Waals surface area contributed by atoms with E-state index in [4.69, 9.17) is 4.74 Å². The summed E-state index contributed by atoms with van der Waals surface area (Å²) in [7, 11) is 1.54. The fourth-order valence-corrected chi connectivity index (χ4v) is 4.18. The molecule has 1 aliphatic heterocycles. The molecule has 3 rings (SSSR count). The number of carbonyl (C=O) groups excluding carboxylic acids is 2. The fraction of sp³-hybridized carbons (Fsp3) is 0.333. The lowest BCUT2D eigenvalue weighted by Crippen LogP contribution is -2.38. The summed E-state index contributed by atoms with van der Waals surface area (Å²) in [5.74, 6) is -0.875. The lowest BCUT2D eigenvalue weighted by atomic mass is 9.95. The molecular weight excluding hydrogens is 507 g/mol. The zero-order chi connectivity index (χ0) is 22.5. The Morgan fingerprint density at radius 2 is 1.81 bits per heavy atom. The first-order chi connectivity index (χ1) is 14.9. The largest absolute Gasteiger partial charge is 0.507 e. The van der Waals surface area contributed by atoms with Crippen molar-refractivity contribution in [2.24, 2.45) is 0 Å². The standard InChI is InChI=1S/C24H27IN2O4/c1-4-26(5-2)13-14-27-21(16-9-11-18(25)12-10-16)20(23(29)24(27)30)22(28)17-7-6-8-19(15-17)31-3/h6-12,15,21,28H,4-5,13-14H2,1-3H3. The van der Waals surface area contributed by atoms with E-state index < -0.39 is 17.7 Å². The van der Waals surface area contributed by atoms with Crippen LogP contribution in [0.2, 0.25) is 0 Å². The van der Waals surface area contributed by atoms with Crippen molar-refractivity contribution in [2.75, 3.05) is 33.3 Å². The van der Waals surface area contributed by atoms with E-state index in [-0.39, 0.29) is 11.3 Å². The molecular formula is C24H27IN2O4. The van der Waals surface area contributed by atoms with Gasteiger partial charge in [0.1, 0.15) is 11.5 Å². The molecule has 1 aliphatic rings. The number of aliphatic hydroxyl groups is 1. The van der Waals surface area contributed by atoms with Crippen LogP contribution >= 0.6 is 22.6 Å². The Kier molecular flexibility index (Phi) is 7.72. The van der Waals surface area contributed by atoms with Crippen LogP contribution in [0.25, 0.3) is 5.76 Å². The molecule has 1 saturated heterocycles. The molecule has 1 heterocycles. The van der Waals surface area contributed by atoms with Crippen LogP contribution in [0.4, 0.5) is 0 Å². The van der Waals surface area contributed by atoms with E-state index in [1.807, 2.05) is 24.3 Å². The Morgan fingerprint density at radius 3 is 2.42 bits per heavy atom. The number of methoxy groups -OCH3 is 1. The van der Waals surface area contributed by atoms with E-state index >= 15 is 0 Å². The molecule has 0 aromatic heterocycles. The van der Waals surface area contributed by atoms with Crippen LogP contribution in [0.5, 0.6) is 5.75 Å². The predicted octanol–water partition coefficient (Wildman–Crippen LogP) is 4.06. The Labute approximate surface area is 196 Å². The number of hydrogen-bond acceptors (Lipinski definition) is 5. The lowest BCUT2D eigenvalue weighted by molar-refractivity contribution is -0.140. The van der Waals surface area contributed by atoms with Crippen LogP contribution in [-0.2, 0) is 9.59 Å². The van der Waals surface area contributed by atoms with Crippen LogP contribution < -0.4 is 4.74 Å². The number of nitrogens with zero attached hydrogens (tertiary/aromatic N) is 2. The molecule has 0 spiro atoms. The second-order valence-corrected chi connectivity index (χ2v) is 8.55. The van der Waals surface area contributed by atoms with E-state index in [0.717, 1.165) is 22.2 Å². The van der Waals surface area contributed by atoms with E-state index in [2.05, 4.69) is 41.3 Å². The van der Waals surface area contributed by atoms with Gasteiger partial charge in [-0.2, -0.15) is 0 Å². The molecule has 1 atom stereocenters. The van der Waals surface area contributed by atoms with Gasteiger partial charge in [0.25, 0.3) is 11.7 Å². The average molecular weight is 534 g/mol. The number of Topliss-reactive ketones (excluding diaryl/α,β-unsaturated/α-hetero) is 1. The van der Waals surface area contributed by atoms with Crippen LogP contribution in [0, 0.1) is 3.57 Å². The van der Waals surface area contributed by atoms with Gasteiger partial charge in [0.2, 0.25) is 0 Å². The summed E-state index contributed by atoms with van der Waals surface area (Å²) in [5, 5.41) is 11.1. The van der Waals surface area contributed by atoms with Gasteiger partial charge in [-0.3, -0.25) is 9.59 Å². The van der Waals surface area contributed by atoms with Gasteiger partial charge in [-0.05, 0) is 65.5 Å². The number of halogens is 1. The summed E-state index contributed by atoms with van der Waals surface area (Å²) < 4.78 is 6.30. The molecule has 1 amide bonds. The number of ether oxygens (including phenoxy) is 1. The summed E-state index contributed by atoms with van der Waals surface area (Å²) in [4.78, 5) is 29.8. The number of ketones is 1. The normalized spacial score (nSPS) is 18.1. The minimum absolute atomic E-state index is 0.110. The number of benzene rings is 2. The lowest BCUT2D eigenvalue weighted by Gasteiger charge is -2.28. The highest BCUT2D eigenvalue weighted by molar-refractivity contribution is 14.1. The Balaban J connectivity index is 2.10. The van der Waals surface area contributed by atoms with E-state index in [0.29, 0.717) is 24.4 Å². The number of amides is 1. The maximum absolute atomic E-state index is 13.1. The number of hydrogen-bond donors (Lipinski definition) is 1. The molecule has 0 radical (unpaired) electrons. The first-order valence-electron chi connectivity index (χ1n) is 10.3. The molecule has 1 N–H and O–H groups in total. The average Bonchev–Trinajstić information content (AvgIpc) is 3.04. The summed E-state index contributed by atoms with van der Waals surface area (Å²) in [5.41, 5.74) is 1.35. The summed E-state index contributed by atoms with van der Waals surface area (Å²) in [6, 6.07) is 13.9. The van der Waals surface area contributed by atoms with Gasteiger partial charge in [-0.25, -0.2) is 0 Å². The Bertz CT molecular complexity index is 983. The molecule has 1 fully saturated rings. The molecule has 2 aromatic carbocycles. The fourth-order valence-electron chi connectivity index (χ4n) is 3.82. The molecule has 164 valence electrons. The number of likely N-dealkylation sites (tertiary alicyclic amines) is 1. The van der Waals surface area contributed by atoms with E-state index in [9.17, 15) is 14.7 Å². The molecule has 0 aliphatic carbocycles. The molecule has 6 nitrogen and oxygen atoms in total. The third-order valence-corrected chi connectivity index (χ3v) is 6.34. The first kappa shape index (κ1) is 23.3. The Hall–Kier alpha value is -2.39. The van der Waals surface area contributed by atoms with E-state index in [1.54, 1.807) is 29.2 Å². The number of aliphatic hydroxyl groups excluding tert-OH is 1. The van der Waals surface area contributed by atoms with Gasteiger partial charge < -0.3 is 19.6 Å². The molecule has 0 bridgehead atoms. The second-order valence-electron chi connectivity index (χ2n) is 7.30. The van der Waals surface area contributed by atoms with Gasteiger partial charge in [0, 0.05) is 22.2 Å². The van der Waals surface area contributed by atoms with Crippen LogP contribution in [0.1, 0.15) is 31.0 Å². The predicted molar refractivity (Wildman–Crippen MR) is 129 cm³/mol. The van der Waals surface area contributed by atoms with Crippen molar-refractivity contribution in [1.29, 1.82) is 0 Å². The zero-order valence-corrected chi connectivity index (χ0v) is 20.1. The maximum atomic E-state index is 13.1. The Morgan fingerprint density at radius 1 is 1.13 bits per heavy atom. The van der Waals surface area contributed by atoms with Gasteiger partial charge in [0.15, 0.2) is 0 Å². The van der Waals surface area contributed by atoms with Crippen molar-refractivity contribution < 1.29 is 19.4 Å². The van der Waals surface area contributed by atoms with Crippen molar-refractivity contribution >= 4 is 40.0 Å². The van der Waals surface area contributed by atoms with Crippen LogP contribution in [0.3, 0.4) is 0 Å². The van der Waals surface area contributed by atoms with Crippen molar-refractivity contribution in [3.63, 3.8) is 0 Å². The highest BCUT2D eigenvalue weighted by Crippen LogP contribution is 2.39. The second kappa shape index (κ2) is 10.3. The highest BCUT2D eigenvalue weighted by atomic mass is 127. The zero-order valence-electron chi connectivity index (χ0n) is 18.0. The molecule has 31 heavy (non-hydrogen) atoms. The minimum atomic E-state index is -0.664. The van der Waals surface area contributed by atoms with Crippen LogP contribution in [-0.4, -0.2) is 59.9 Å². The van der Waals surface area contributed by atoms with Crippen molar-refractivity contribution in [2.45, 2.75) is 19.9 Å². The molecule has 7 heteroatoms. The van der Waals surface area contributed by atoms with Gasteiger partial charge in [0.05, 0.1) is 18.7 Å². The number of likely N-dealkylation sites (N-methyl/N-ethyl adjacent to an activating group) is 1. The molecule has 1 unspecified atom stereocenters. The quantitative estimate of drug-likeness (QED) is 0.240. The highest BCUT2D eigenvalue weighted by Gasteiger charge is 2.45. The van der Waals surface area contributed by atoms with Gasteiger partial charge in [-0.15, -0.1) is 0 Å². The number of rotatable bonds is 8. The molecule has 0 saturated carbocycles. The maximum Gasteiger partial charge on any atom is 0.295 e. The van der Waals surface area contributed by atoms with Crippen molar-refractivity contribution in [1.82, 2.24) is 9.80 Å². The summed E-state index contributed by atoms with van der Waals surface area (Å²) in [6.45, 7) is 6.91. The van der Waals surface area contributed by atoms with E-state index in [1.165, 1.54) is 7.11 Å². The van der Waals surface area contributed by atoms with Crippen LogP contribution in [0.15, 0.2) is 54.1 Å². The first-order valence-corrected chi connectivity index (χ1v) is 11.4. The smallest absolute Gasteiger partial charge is 0.295 e. The van der Waals surface area contributed by atoms with Gasteiger partial charge >= 0.3 is 0 Å². The molecule has 2 aromatic rings. The van der Waals surface area contributed by atoms with Crippen molar-refractivity contribution in [3.05, 3.63) is 68.8 Å². The minimum Gasteiger partial charge on any atom is -0.507 e. The SMILES string of the molecule is CCN(CC)CCN1C(=O)C(=O)C(=C(O)c2cccc(OC)c2)C1c1ccc(I)cc1. The monoisotopic (exact) mass is 534 g/mol. The number of carbonyl (C=O) groups is 2. The summed E-state index contributed by atoms with van der Waals surface area (Å²) >= 11 is 2.21. The summed E-state index contributed by atoms with van der Waals surface area (Å²) in [6.07, 6.45) is 0. The third kappa shape index (κ3) is 4.93. The van der Waals surface area contributed by atoms with Crippen molar-refractivity contribution in [3.8, 4) is 5.75 Å². The third-order valence-electron chi connectivity index (χ3n) is 5.62.